The molecule has 1 saturated heterocycles. The van der Waals surface area contributed by atoms with E-state index in [1.807, 2.05) is 78.2 Å². The molecule has 0 bridgehead atoms. The molecule has 4 aromatic heterocycles. The number of rotatable bonds is 12. The van der Waals surface area contributed by atoms with Crippen LogP contribution in [0.25, 0.3) is 22.1 Å². The molecule has 3 aromatic carbocycles. The van der Waals surface area contributed by atoms with Gasteiger partial charge in [0.15, 0.2) is 22.8 Å². The molecule has 7 aromatic rings. The third-order valence-corrected chi connectivity index (χ3v) is 11.3. The Bertz CT molecular complexity index is 2480. The number of aliphatic hydroxyl groups is 2. The van der Waals surface area contributed by atoms with Gasteiger partial charge >= 0.3 is 6.03 Å². The molecule has 304 valence electrons. The van der Waals surface area contributed by atoms with Crippen molar-refractivity contribution in [1.29, 1.82) is 0 Å². The van der Waals surface area contributed by atoms with Crippen molar-refractivity contribution in [3.05, 3.63) is 126 Å². The Hall–Kier alpha value is -6.23. The lowest BCUT2D eigenvalue weighted by molar-refractivity contribution is 0.00473. The summed E-state index contributed by atoms with van der Waals surface area (Å²) in [4.78, 5) is 36.0. The predicted molar refractivity (Wildman–Crippen MR) is 225 cm³/mol. The molecule has 5 heterocycles. The average molecular weight is 816 g/mol. The van der Waals surface area contributed by atoms with Crippen molar-refractivity contribution in [2.24, 2.45) is 0 Å². The van der Waals surface area contributed by atoms with Crippen LogP contribution in [0.15, 0.2) is 104 Å². The van der Waals surface area contributed by atoms with E-state index in [2.05, 4.69) is 65.5 Å². The first kappa shape index (κ1) is 39.6. The van der Waals surface area contributed by atoms with Gasteiger partial charge in [0.2, 0.25) is 5.95 Å². The topological polar surface area (TPSA) is 197 Å². The quantitative estimate of drug-likeness (QED) is 0.115. The van der Waals surface area contributed by atoms with E-state index >= 15 is 0 Å². The van der Waals surface area contributed by atoms with Gasteiger partial charge in [-0.1, -0.05) is 85.8 Å². The van der Waals surface area contributed by atoms with Crippen LogP contribution in [0.2, 0.25) is 0 Å². The zero-order valence-corrected chi connectivity index (χ0v) is 33.2. The average Bonchev–Trinajstić information content (AvgIpc) is 4.08. The highest BCUT2D eigenvalue weighted by molar-refractivity contribution is 5.86. The van der Waals surface area contributed by atoms with E-state index < -0.39 is 24.3 Å². The third-order valence-electron chi connectivity index (χ3n) is 11.3. The summed E-state index contributed by atoms with van der Waals surface area (Å²) in [6.45, 7) is 3.93. The van der Waals surface area contributed by atoms with E-state index in [9.17, 15) is 15.0 Å². The van der Waals surface area contributed by atoms with Gasteiger partial charge in [0.1, 0.15) is 18.2 Å². The van der Waals surface area contributed by atoms with E-state index in [0.29, 0.717) is 74.2 Å². The van der Waals surface area contributed by atoms with E-state index in [1.165, 1.54) is 4.80 Å². The number of amides is 2. The molecule has 17 heteroatoms. The number of aliphatic hydroxyl groups excluding tert-OH is 2. The highest BCUT2D eigenvalue weighted by Crippen LogP contribution is 2.40. The third kappa shape index (κ3) is 8.11. The van der Waals surface area contributed by atoms with Crippen LogP contribution < -0.4 is 20.9 Å². The SMILES string of the molecule is CCc1nnn([C@H]2C[C@@H](n3cnc4c(NCC(c5ccccc5)c5ccccc5)nc(N5CCC(NC(=O)NCc6ccnc7ccccc67)C5)nc43)[C@H](O)[C@@H]2O)n1.Cl. The van der Waals surface area contributed by atoms with Crippen molar-refractivity contribution in [3.63, 3.8) is 0 Å². The van der Waals surface area contributed by atoms with Gasteiger partial charge in [0.25, 0.3) is 0 Å². The number of para-hydroxylation sites is 1. The van der Waals surface area contributed by atoms with Gasteiger partial charge in [-0.3, -0.25) is 4.98 Å². The number of benzene rings is 3. The number of aromatic nitrogens is 9. The maximum atomic E-state index is 13.2. The number of hydrogen-bond acceptors (Lipinski definition) is 12. The zero-order chi connectivity index (χ0) is 39.6. The van der Waals surface area contributed by atoms with Crippen molar-refractivity contribution in [1.82, 2.24) is 55.3 Å². The second-order valence-corrected chi connectivity index (χ2v) is 14.9. The number of nitrogens with one attached hydrogen (secondary N) is 3. The molecule has 2 amide bonds. The maximum Gasteiger partial charge on any atom is 0.315 e. The van der Waals surface area contributed by atoms with Crippen molar-refractivity contribution >= 4 is 52.3 Å². The van der Waals surface area contributed by atoms with Crippen LogP contribution in [0.5, 0.6) is 0 Å². The molecule has 1 unspecified atom stereocenters. The fraction of sp³-hybridized carbons (Fsp3) is 0.333. The molecule has 0 radical (unpaired) electrons. The summed E-state index contributed by atoms with van der Waals surface area (Å²) in [6, 6.07) is 28.9. The van der Waals surface area contributed by atoms with Crippen molar-refractivity contribution < 1.29 is 15.0 Å². The van der Waals surface area contributed by atoms with Gasteiger partial charge in [0, 0.05) is 56.1 Å². The number of fused-ring (bicyclic) bond motifs is 2. The molecule has 5 N–H and O–H groups in total. The highest BCUT2D eigenvalue weighted by Gasteiger charge is 2.45. The van der Waals surface area contributed by atoms with Gasteiger partial charge in [0.05, 0.1) is 17.9 Å². The molecule has 1 aliphatic carbocycles. The van der Waals surface area contributed by atoms with Crippen LogP contribution in [-0.4, -0.2) is 98.8 Å². The monoisotopic (exact) mass is 815 g/mol. The number of hydrogen-bond donors (Lipinski definition) is 5. The summed E-state index contributed by atoms with van der Waals surface area (Å²) < 4.78 is 1.82. The summed E-state index contributed by atoms with van der Waals surface area (Å²) in [6.07, 6.45) is 2.76. The molecule has 2 aliphatic rings. The van der Waals surface area contributed by atoms with Gasteiger partial charge in [-0.05, 0) is 46.9 Å². The fourth-order valence-electron chi connectivity index (χ4n) is 8.22. The number of aryl methyl sites for hydroxylation is 1. The number of pyridine rings is 1. The number of nitrogens with zero attached hydrogens (tertiary/aromatic N) is 10. The van der Waals surface area contributed by atoms with Crippen molar-refractivity contribution in [2.45, 2.75) is 69.0 Å². The molecular weight excluding hydrogens is 770 g/mol. The van der Waals surface area contributed by atoms with Crippen LogP contribution in [-0.2, 0) is 13.0 Å². The number of urea groups is 1. The second kappa shape index (κ2) is 17.3. The number of anilines is 2. The molecule has 0 spiro atoms. The van der Waals surface area contributed by atoms with E-state index in [4.69, 9.17) is 15.0 Å². The lowest BCUT2D eigenvalue weighted by Crippen LogP contribution is -2.43. The minimum atomic E-state index is -1.14. The molecule has 16 nitrogen and oxygen atoms in total. The van der Waals surface area contributed by atoms with Crippen LogP contribution in [0.1, 0.15) is 60.3 Å². The summed E-state index contributed by atoms with van der Waals surface area (Å²) >= 11 is 0. The van der Waals surface area contributed by atoms with Crippen LogP contribution in [0, 0.1) is 0 Å². The minimum Gasteiger partial charge on any atom is -0.388 e. The van der Waals surface area contributed by atoms with Gasteiger partial charge in [-0.15, -0.1) is 22.6 Å². The van der Waals surface area contributed by atoms with Crippen LogP contribution in [0.3, 0.4) is 0 Å². The first-order chi connectivity index (χ1) is 28.4. The fourth-order valence-corrected chi connectivity index (χ4v) is 8.22. The summed E-state index contributed by atoms with van der Waals surface area (Å²) in [7, 11) is 0. The van der Waals surface area contributed by atoms with Crippen LogP contribution in [0.4, 0.5) is 16.6 Å². The Labute approximate surface area is 346 Å². The van der Waals surface area contributed by atoms with Gasteiger partial charge in [-0.25, -0.2) is 9.78 Å². The normalized spacial score (nSPS) is 20.3. The maximum absolute atomic E-state index is 13.2. The Morgan fingerprint density at radius 2 is 1.63 bits per heavy atom. The molecule has 2 fully saturated rings. The molecule has 5 atom stereocenters. The standard InChI is InChI=1S/C42H45N13O3.ClH/c1-2-35-50-52-55(51-35)34-21-33(37(56)38(34)57)54-25-46-36-39(44-23-31(26-11-5-3-6-12-26)27-13-7-4-8-14-27)48-41(49-40(36)54)53-20-18-29(24-53)47-42(58)45-22-28-17-19-43-32-16-10-9-15-30(28)32;/h3-17,19,25,29,31,33-34,37-38,56-57H,2,18,20-24H2,1H3,(H,44,48,49)(H2,45,47,58);1H/t29?,33-,34+,37+,38-;/m1./s1. The lowest BCUT2D eigenvalue weighted by Gasteiger charge is -2.22. The molecule has 9 rings (SSSR count). The van der Waals surface area contributed by atoms with Crippen molar-refractivity contribution in [2.75, 3.05) is 29.9 Å². The Morgan fingerprint density at radius 3 is 2.37 bits per heavy atom. The molecule has 1 saturated carbocycles. The zero-order valence-electron chi connectivity index (χ0n) is 32.4. The molecule has 1 aliphatic heterocycles. The smallest absolute Gasteiger partial charge is 0.315 e. The van der Waals surface area contributed by atoms with Crippen molar-refractivity contribution in [3.8, 4) is 0 Å². The predicted octanol–water partition coefficient (Wildman–Crippen LogP) is 4.58. The van der Waals surface area contributed by atoms with E-state index in [0.717, 1.165) is 27.6 Å². The van der Waals surface area contributed by atoms with Gasteiger partial charge < -0.3 is 35.6 Å². The Kier molecular flexibility index (Phi) is 11.6. The number of carbonyl (C=O) groups excluding carboxylic acids is 1. The number of tetrazole rings is 1. The summed E-state index contributed by atoms with van der Waals surface area (Å²) in [5.41, 5.74) is 5.24. The van der Waals surface area contributed by atoms with Gasteiger partial charge in [-0.2, -0.15) is 14.8 Å². The van der Waals surface area contributed by atoms with E-state index in [-0.39, 0.29) is 30.4 Å². The Balaban J connectivity index is 0.00000484. The molecular formula is C42H46ClN13O3. The van der Waals surface area contributed by atoms with Crippen LogP contribution >= 0.6 is 12.4 Å². The lowest BCUT2D eigenvalue weighted by atomic mass is 9.91. The second-order valence-electron chi connectivity index (χ2n) is 14.9. The number of carbonyl (C=O) groups is 1. The highest BCUT2D eigenvalue weighted by atomic mass is 35.5. The first-order valence-corrected chi connectivity index (χ1v) is 19.8. The number of halogens is 1. The largest absolute Gasteiger partial charge is 0.388 e. The first-order valence-electron chi connectivity index (χ1n) is 19.8. The molecule has 59 heavy (non-hydrogen) atoms. The Morgan fingerprint density at radius 1 is 0.898 bits per heavy atom. The summed E-state index contributed by atoms with van der Waals surface area (Å²) in [5, 5.41) is 46.1. The van der Waals surface area contributed by atoms with E-state index in [1.54, 1.807) is 12.5 Å². The minimum absolute atomic E-state index is 0. The number of imidazole rings is 1. The summed E-state index contributed by atoms with van der Waals surface area (Å²) in [5.74, 6) is 1.59.